The standard InChI is InChI=1S/C10H14N2O/c1-8-6-11-10(12-7-8)9-4-2-3-5-13-9/h6-7,9H,2-5H2,1H3/t9-/m0/s1. The van der Waals surface area contributed by atoms with Gasteiger partial charge in [0.2, 0.25) is 0 Å². The van der Waals surface area contributed by atoms with Crippen LogP contribution in [0.25, 0.3) is 0 Å². The van der Waals surface area contributed by atoms with Gasteiger partial charge in [0.1, 0.15) is 6.10 Å². The van der Waals surface area contributed by atoms with Crippen LogP contribution in [0.1, 0.15) is 36.8 Å². The quantitative estimate of drug-likeness (QED) is 0.660. The SMILES string of the molecule is Cc1cnc([C@@H]2CCCCO2)nc1. The Bertz CT molecular complexity index is 265. The predicted octanol–water partition coefficient (Wildman–Crippen LogP) is 2.03. The minimum atomic E-state index is 0.134. The molecule has 0 amide bonds. The molecule has 2 heterocycles. The molecule has 0 bridgehead atoms. The summed E-state index contributed by atoms with van der Waals surface area (Å²) in [5, 5.41) is 0. The Kier molecular flexibility index (Phi) is 2.54. The van der Waals surface area contributed by atoms with Crippen molar-refractivity contribution in [2.24, 2.45) is 0 Å². The van der Waals surface area contributed by atoms with E-state index in [-0.39, 0.29) is 6.10 Å². The number of aromatic nitrogens is 2. The molecule has 0 N–H and O–H groups in total. The molecular weight excluding hydrogens is 164 g/mol. The lowest BCUT2D eigenvalue weighted by Gasteiger charge is -2.20. The summed E-state index contributed by atoms with van der Waals surface area (Å²) in [5.74, 6) is 0.838. The molecule has 3 nitrogen and oxygen atoms in total. The van der Waals surface area contributed by atoms with Crippen LogP contribution in [0.2, 0.25) is 0 Å². The van der Waals surface area contributed by atoms with E-state index in [0.29, 0.717) is 0 Å². The highest BCUT2D eigenvalue weighted by Gasteiger charge is 2.17. The van der Waals surface area contributed by atoms with Crippen molar-refractivity contribution in [3.05, 3.63) is 23.8 Å². The number of hydrogen-bond donors (Lipinski definition) is 0. The van der Waals surface area contributed by atoms with Gasteiger partial charge in [0.15, 0.2) is 5.82 Å². The fraction of sp³-hybridized carbons (Fsp3) is 0.600. The van der Waals surface area contributed by atoms with E-state index in [4.69, 9.17) is 4.74 Å². The minimum absolute atomic E-state index is 0.134. The van der Waals surface area contributed by atoms with Crippen LogP contribution in [0.4, 0.5) is 0 Å². The van der Waals surface area contributed by atoms with E-state index >= 15 is 0 Å². The third-order valence-corrected chi connectivity index (χ3v) is 2.27. The highest BCUT2D eigenvalue weighted by molar-refractivity contribution is 5.03. The second-order valence-corrected chi connectivity index (χ2v) is 3.47. The molecule has 0 spiro atoms. The first-order valence-electron chi connectivity index (χ1n) is 4.76. The lowest BCUT2D eigenvalue weighted by molar-refractivity contribution is 0.00941. The third-order valence-electron chi connectivity index (χ3n) is 2.27. The molecule has 0 aliphatic carbocycles. The Morgan fingerprint density at radius 1 is 1.31 bits per heavy atom. The number of rotatable bonds is 1. The van der Waals surface area contributed by atoms with Gasteiger partial charge in [-0.05, 0) is 31.7 Å². The average molecular weight is 178 g/mol. The molecule has 13 heavy (non-hydrogen) atoms. The van der Waals surface area contributed by atoms with E-state index in [9.17, 15) is 0 Å². The van der Waals surface area contributed by atoms with E-state index < -0.39 is 0 Å². The summed E-state index contributed by atoms with van der Waals surface area (Å²) in [5.41, 5.74) is 1.10. The van der Waals surface area contributed by atoms with Crippen molar-refractivity contribution in [3.63, 3.8) is 0 Å². The molecule has 3 heteroatoms. The molecule has 0 aromatic carbocycles. The summed E-state index contributed by atoms with van der Waals surface area (Å²) in [6.45, 7) is 2.84. The summed E-state index contributed by atoms with van der Waals surface area (Å²) in [4.78, 5) is 8.53. The van der Waals surface area contributed by atoms with Gasteiger partial charge in [-0.3, -0.25) is 0 Å². The Morgan fingerprint density at radius 3 is 2.69 bits per heavy atom. The van der Waals surface area contributed by atoms with Gasteiger partial charge in [-0.2, -0.15) is 0 Å². The molecule has 1 aliphatic heterocycles. The van der Waals surface area contributed by atoms with Gasteiger partial charge in [0, 0.05) is 19.0 Å². The van der Waals surface area contributed by atoms with Crippen LogP contribution >= 0.6 is 0 Å². The summed E-state index contributed by atoms with van der Waals surface area (Å²) < 4.78 is 5.58. The van der Waals surface area contributed by atoms with Crippen LogP contribution in [0, 0.1) is 6.92 Å². The fourth-order valence-electron chi connectivity index (χ4n) is 1.51. The van der Waals surface area contributed by atoms with Gasteiger partial charge < -0.3 is 4.74 Å². The number of hydrogen-bond acceptors (Lipinski definition) is 3. The first kappa shape index (κ1) is 8.63. The zero-order chi connectivity index (χ0) is 9.10. The van der Waals surface area contributed by atoms with Gasteiger partial charge in [-0.1, -0.05) is 0 Å². The van der Waals surface area contributed by atoms with E-state index in [1.54, 1.807) is 0 Å². The monoisotopic (exact) mass is 178 g/mol. The average Bonchev–Trinajstić information content (AvgIpc) is 2.20. The maximum Gasteiger partial charge on any atom is 0.157 e. The molecule has 0 saturated carbocycles. The van der Waals surface area contributed by atoms with Crippen molar-refractivity contribution in [2.45, 2.75) is 32.3 Å². The Labute approximate surface area is 78.2 Å². The van der Waals surface area contributed by atoms with Crippen LogP contribution < -0.4 is 0 Å². The maximum absolute atomic E-state index is 5.58. The zero-order valence-corrected chi connectivity index (χ0v) is 7.86. The molecule has 1 atom stereocenters. The number of aryl methyl sites for hydroxylation is 1. The molecule has 1 saturated heterocycles. The van der Waals surface area contributed by atoms with Crippen LogP contribution in [-0.4, -0.2) is 16.6 Å². The van der Waals surface area contributed by atoms with E-state index in [0.717, 1.165) is 24.4 Å². The predicted molar refractivity (Wildman–Crippen MR) is 49.3 cm³/mol. The molecule has 2 rings (SSSR count). The molecule has 1 aliphatic rings. The maximum atomic E-state index is 5.58. The fourth-order valence-corrected chi connectivity index (χ4v) is 1.51. The molecule has 70 valence electrons. The van der Waals surface area contributed by atoms with E-state index in [2.05, 4.69) is 9.97 Å². The van der Waals surface area contributed by atoms with Gasteiger partial charge in [-0.15, -0.1) is 0 Å². The summed E-state index contributed by atoms with van der Waals surface area (Å²) >= 11 is 0. The minimum Gasteiger partial charge on any atom is -0.370 e. The van der Waals surface area contributed by atoms with Crippen molar-refractivity contribution in [1.82, 2.24) is 9.97 Å². The summed E-state index contributed by atoms with van der Waals surface area (Å²) in [6.07, 6.45) is 7.28. The van der Waals surface area contributed by atoms with Crippen LogP contribution in [-0.2, 0) is 4.74 Å². The van der Waals surface area contributed by atoms with Crippen molar-refractivity contribution in [3.8, 4) is 0 Å². The summed E-state index contributed by atoms with van der Waals surface area (Å²) in [7, 11) is 0. The molecule has 1 fully saturated rings. The van der Waals surface area contributed by atoms with Crippen molar-refractivity contribution in [1.29, 1.82) is 0 Å². The smallest absolute Gasteiger partial charge is 0.157 e. The highest BCUT2D eigenvalue weighted by atomic mass is 16.5. The van der Waals surface area contributed by atoms with Gasteiger partial charge in [0.05, 0.1) is 0 Å². The van der Waals surface area contributed by atoms with E-state index in [1.165, 1.54) is 12.8 Å². The van der Waals surface area contributed by atoms with Crippen LogP contribution in [0.5, 0.6) is 0 Å². The number of ether oxygens (including phenoxy) is 1. The topological polar surface area (TPSA) is 35.0 Å². The van der Waals surface area contributed by atoms with E-state index in [1.807, 2.05) is 19.3 Å². The molecule has 1 aromatic rings. The normalized spacial score (nSPS) is 23.0. The van der Waals surface area contributed by atoms with Gasteiger partial charge >= 0.3 is 0 Å². The lowest BCUT2D eigenvalue weighted by Crippen LogP contribution is -2.14. The Hall–Kier alpha value is -0.960. The zero-order valence-electron chi connectivity index (χ0n) is 7.86. The highest BCUT2D eigenvalue weighted by Crippen LogP contribution is 2.24. The summed E-state index contributed by atoms with van der Waals surface area (Å²) in [6, 6.07) is 0. The molecule has 0 unspecified atom stereocenters. The lowest BCUT2D eigenvalue weighted by atomic mass is 10.1. The third kappa shape index (κ3) is 2.04. The van der Waals surface area contributed by atoms with Crippen molar-refractivity contribution in [2.75, 3.05) is 6.61 Å². The second kappa shape index (κ2) is 3.83. The second-order valence-electron chi connectivity index (χ2n) is 3.47. The number of nitrogens with zero attached hydrogens (tertiary/aromatic N) is 2. The van der Waals surface area contributed by atoms with Crippen molar-refractivity contribution >= 4 is 0 Å². The largest absolute Gasteiger partial charge is 0.370 e. The first-order chi connectivity index (χ1) is 6.36. The van der Waals surface area contributed by atoms with Gasteiger partial charge in [-0.25, -0.2) is 9.97 Å². The molecular formula is C10H14N2O. The van der Waals surface area contributed by atoms with Crippen LogP contribution in [0.15, 0.2) is 12.4 Å². The Morgan fingerprint density at radius 2 is 2.08 bits per heavy atom. The molecule has 1 aromatic heterocycles. The van der Waals surface area contributed by atoms with Gasteiger partial charge in [0.25, 0.3) is 0 Å². The van der Waals surface area contributed by atoms with Crippen LogP contribution in [0.3, 0.4) is 0 Å². The molecule has 0 radical (unpaired) electrons. The Balaban J connectivity index is 2.10. The van der Waals surface area contributed by atoms with Crippen molar-refractivity contribution < 1.29 is 4.74 Å². The first-order valence-corrected chi connectivity index (χ1v) is 4.76.